The first-order valence-corrected chi connectivity index (χ1v) is 8.96. The summed E-state index contributed by atoms with van der Waals surface area (Å²) < 4.78 is 5.02. The Morgan fingerprint density at radius 3 is 2.25 bits per heavy atom. The molecule has 0 saturated heterocycles. The molecular weight excluding hydrogens is 366 g/mol. The van der Waals surface area contributed by atoms with Crippen molar-refractivity contribution in [1.82, 2.24) is 16.0 Å². The van der Waals surface area contributed by atoms with E-state index >= 15 is 0 Å². The average molecular weight is 393 g/mol. The summed E-state index contributed by atoms with van der Waals surface area (Å²) in [6, 6.07) is 7.11. The van der Waals surface area contributed by atoms with Gasteiger partial charge in [0.2, 0.25) is 11.8 Å². The predicted molar refractivity (Wildman–Crippen MR) is 101 cm³/mol. The Morgan fingerprint density at radius 1 is 1.04 bits per heavy atom. The van der Waals surface area contributed by atoms with Crippen molar-refractivity contribution in [3.05, 3.63) is 35.9 Å². The van der Waals surface area contributed by atoms with Crippen LogP contribution in [0.2, 0.25) is 0 Å². The van der Waals surface area contributed by atoms with Crippen LogP contribution in [0.5, 0.6) is 0 Å². The van der Waals surface area contributed by atoms with Crippen molar-refractivity contribution < 1.29 is 29.0 Å². The van der Waals surface area contributed by atoms with Crippen LogP contribution in [0.3, 0.4) is 0 Å². The molecule has 0 heterocycles. The Bertz CT molecular complexity index is 678. The molecule has 0 spiro atoms. The fourth-order valence-corrected chi connectivity index (χ4v) is 2.27. The summed E-state index contributed by atoms with van der Waals surface area (Å²) in [6.45, 7) is 4.79. The van der Waals surface area contributed by atoms with E-state index in [1.54, 1.807) is 12.1 Å². The molecule has 0 fully saturated rings. The third kappa shape index (κ3) is 9.02. The minimum atomic E-state index is -1.13. The van der Waals surface area contributed by atoms with E-state index in [1.165, 1.54) is 6.92 Å². The van der Waals surface area contributed by atoms with E-state index in [9.17, 15) is 19.2 Å². The average Bonchev–Trinajstić information content (AvgIpc) is 2.64. The summed E-state index contributed by atoms with van der Waals surface area (Å²) >= 11 is 0. The molecule has 0 aromatic heterocycles. The summed E-state index contributed by atoms with van der Waals surface area (Å²) in [7, 11) is 0. The van der Waals surface area contributed by atoms with E-state index in [-0.39, 0.29) is 18.9 Å². The Kier molecular flexibility index (Phi) is 9.49. The van der Waals surface area contributed by atoms with E-state index in [4.69, 9.17) is 9.84 Å². The summed E-state index contributed by atoms with van der Waals surface area (Å²) in [4.78, 5) is 46.7. The monoisotopic (exact) mass is 393 g/mol. The maximum atomic E-state index is 12.0. The Balaban J connectivity index is 2.35. The first kappa shape index (κ1) is 22.9. The van der Waals surface area contributed by atoms with Crippen molar-refractivity contribution in [2.75, 3.05) is 6.54 Å². The zero-order chi connectivity index (χ0) is 21.1. The molecule has 1 rings (SSSR count). The van der Waals surface area contributed by atoms with Crippen LogP contribution in [0.15, 0.2) is 30.3 Å². The molecule has 0 saturated carbocycles. The van der Waals surface area contributed by atoms with Gasteiger partial charge in [0.05, 0.1) is 6.54 Å². The SMILES string of the molecule is CC(C)CC(NC(=O)CNC(=O)C(C)NC(=O)OCc1ccccc1)C(=O)O. The van der Waals surface area contributed by atoms with Crippen molar-refractivity contribution in [3.8, 4) is 0 Å². The van der Waals surface area contributed by atoms with E-state index in [0.29, 0.717) is 0 Å². The van der Waals surface area contributed by atoms with Crippen LogP contribution in [0.1, 0.15) is 32.8 Å². The molecule has 0 aliphatic carbocycles. The van der Waals surface area contributed by atoms with Gasteiger partial charge in [-0.2, -0.15) is 0 Å². The standard InChI is InChI=1S/C19H27N3O6/c1-12(2)9-15(18(25)26)22-16(23)10-20-17(24)13(3)21-19(27)28-11-14-7-5-4-6-8-14/h4-8,12-13,15H,9-11H2,1-3H3,(H,20,24)(H,21,27)(H,22,23)(H,25,26). The molecule has 0 aliphatic rings. The van der Waals surface area contributed by atoms with Crippen LogP contribution in [-0.2, 0) is 25.7 Å². The van der Waals surface area contributed by atoms with Crippen molar-refractivity contribution in [2.24, 2.45) is 5.92 Å². The largest absolute Gasteiger partial charge is 0.480 e. The minimum Gasteiger partial charge on any atom is -0.480 e. The highest BCUT2D eigenvalue weighted by atomic mass is 16.5. The number of alkyl carbamates (subject to hydrolysis) is 1. The quantitative estimate of drug-likeness (QED) is 0.469. The molecule has 4 N–H and O–H groups in total. The molecule has 9 heteroatoms. The lowest BCUT2D eigenvalue weighted by Crippen LogP contribution is -2.50. The number of amides is 3. The molecule has 28 heavy (non-hydrogen) atoms. The first-order valence-electron chi connectivity index (χ1n) is 8.96. The van der Waals surface area contributed by atoms with Crippen molar-refractivity contribution in [3.63, 3.8) is 0 Å². The zero-order valence-corrected chi connectivity index (χ0v) is 16.2. The number of hydrogen-bond acceptors (Lipinski definition) is 5. The first-order chi connectivity index (χ1) is 13.2. The molecule has 0 radical (unpaired) electrons. The lowest BCUT2D eigenvalue weighted by molar-refractivity contribution is -0.142. The van der Waals surface area contributed by atoms with Crippen molar-refractivity contribution in [2.45, 2.75) is 45.9 Å². The summed E-state index contributed by atoms with van der Waals surface area (Å²) in [5, 5.41) is 16.2. The fourth-order valence-electron chi connectivity index (χ4n) is 2.27. The zero-order valence-electron chi connectivity index (χ0n) is 16.2. The van der Waals surface area contributed by atoms with Crippen LogP contribution in [0.25, 0.3) is 0 Å². The lowest BCUT2D eigenvalue weighted by Gasteiger charge is -2.17. The topological polar surface area (TPSA) is 134 Å². The van der Waals surface area contributed by atoms with E-state index in [1.807, 2.05) is 32.0 Å². The lowest BCUT2D eigenvalue weighted by atomic mass is 10.0. The van der Waals surface area contributed by atoms with Gasteiger partial charge in [0.1, 0.15) is 18.7 Å². The second kappa shape index (κ2) is 11.6. The second-order valence-electron chi connectivity index (χ2n) is 6.73. The third-order valence-electron chi connectivity index (χ3n) is 3.70. The molecule has 0 bridgehead atoms. The number of carboxylic acids is 1. The van der Waals surface area contributed by atoms with Gasteiger partial charge in [0.15, 0.2) is 0 Å². The van der Waals surface area contributed by atoms with Crippen molar-refractivity contribution in [1.29, 1.82) is 0 Å². The van der Waals surface area contributed by atoms with Crippen molar-refractivity contribution >= 4 is 23.9 Å². The highest BCUT2D eigenvalue weighted by Gasteiger charge is 2.22. The molecule has 1 aromatic rings. The number of rotatable bonds is 10. The van der Waals surface area contributed by atoms with Gasteiger partial charge in [0.25, 0.3) is 0 Å². The number of hydrogen-bond donors (Lipinski definition) is 4. The van der Waals surface area contributed by atoms with Crippen LogP contribution in [0.4, 0.5) is 4.79 Å². The summed E-state index contributed by atoms with van der Waals surface area (Å²) in [5.74, 6) is -2.27. The van der Waals surface area contributed by atoms with Gasteiger partial charge in [0, 0.05) is 0 Å². The van der Waals surface area contributed by atoms with Gasteiger partial charge in [-0.15, -0.1) is 0 Å². The normalized spacial score (nSPS) is 12.6. The molecule has 1 aromatic carbocycles. The van der Waals surface area contributed by atoms with Gasteiger partial charge < -0.3 is 25.8 Å². The smallest absolute Gasteiger partial charge is 0.408 e. The maximum absolute atomic E-state index is 12.0. The van der Waals surface area contributed by atoms with Gasteiger partial charge >= 0.3 is 12.1 Å². The minimum absolute atomic E-state index is 0.0653. The summed E-state index contributed by atoms with van der Waals surface area (Å²) in [5.41, 5.74) is 0.806. The van der Waals surface area contributed by atoms with Gasteiger partial charge in [-0.3, -0.25) is 9.59 Å². The fraction of sp³-hybridized carbons (Fsp3) is 0.474. The molecule has 9 nitrogen and oxygen atoms in total. The number of benzene rings is 1. The molecule has 154 valence electrons. The highest BCUT2D eigenvalue weighted by Crippen LogP contribution is 2.04. The molecule has 2 atom stereocenters. The number of ether oxygens (including phenoxy) is 1. The van der Waals surface area contributed by atoms with Crippen LogP contribution < -0.4 is 16.0 Å². The number of carbonyl (C=O) groups excluding carboxylic acids is 3. The van der Waals surface area contributed by atoms with Gasteiger partial charge in [-0.1, -0.05) is 44.2 Å². The number of nitrogens with one attached hydrogen (secondary N) is 3. The Hall–Kier alpha value is -3.10. The number of carboxylic acid groups (broad SMARTS) is 1. The van der Waals surface area contributed by atoms with Crippen LogP contribution in [0, 0.1) is 5.92 Å². The second-order valence-corrected chi connectivity index (χ2v) is 6.73. The predicted octanol–water partition coefficient (Wildman–Crippen LogP) is 1.03. The maximum Gasteiger partial charge on any atom is 0.408 e. The summed E-state index contributed by atoms with van der Waals surface area (Å²) in [6.07, 6.45) is -0.487. The highest BCUT2D eigenvalue weighted by molar-refractivity contribution is 5.90. The van der Waals surface area contributed by atoms with E-state index in [2.05, 4.69) is 16.0 Å². The van der Waals surface area contributed by atoms with Gasteiger partial charge in [-0.25, -0.2) is 9.59 Å². The van der Waals surface area contributed by atoms with Crippen LogP contribution in [-0.4, -0.2) is 47.6 Å². The number of aliphatic carboxylic acids is 1. The molecule has 0 aliphatic heterocycles. The van der Waals surface area contributed by atoms with Crippen LogP contribution >= 0.6 is 0 Å². The van der Waals surface area contributed by atoms with Gasteiger partial charge in [-0.05, 0) is 24.8 Å². The Labute approximate surface area is 163 Å². The number of carbonyl (C=O) groups is 4. The third-order valence-corrected chi connectivity index (χ3v) is 3.70. The molecule has 2 unspecified atom stereocenters. The Morgan fingerprint density at radius 2 is 1.68 bits per heavy atom. The van der Waals surface area contributed by atoms with E-state index < -0.39 is 42.5 Å². The molecule has 3 amide bonds. The molecular formula is C19H27N3O6. The van der Waals surface area contributed by atoms with E-state index in [0.717, 1.165) is 5.56 Å².